The van der Waals surface area contributed by atoms with Crippen LogP contribution in [0.2, 0.25) is 0 Å². The number of β-amino-alcohol motifs (C(OH)–C–C–N with tert-alkyl or cyclic N) is 1. The lowest BCUT2D eigenvalue weighted by Gasteiger charge is -2.40. The second-order valence-corrected chi connectivity index (χ2v) is 12.9. The summed E-state index contributed by atoms with van der Waals surface area (Å²) in [6.07, 6.45) is 6.90. The second-order valence-electron chi connectivity index (χ2n) is 11.9. The number of pyridine rings is 2. The summed E-state index contributed by atoms with van der Waals surface area (Å²) < 4.78 is 15.6. The summed E-state index contributed by atoms with van der Waals surface area (Å²) in [6.45, 7) is 6.79. The molecule has 45 heavy (non-hydrogen) atoms. The number of anilines is 3. The second kappa shape index (κ2) is 12.2. The highest BCUT2D eigenvalue weighted by Gasteiger charge is 2.29. The molecule has 0 amide bonds. The highest BCUT2D eigenvalue weighted by molar-refractivity contribution is 7.16. The van der Waals surface area contributed by atoms with Crippen molar-refractivity contribution in [2.45, 2.75) is 32.3 Å². The summed E-state index contributed by atoms with van der Waals surface area (Å²) in [5.41, 5.74) is 5.04. The molecule has 1 aromatic carbocycles. The molecule has 7 rings (SSSR count). The fourth-order valence-electron chi connectivity index (χ4n) is 6.41. The average Bonchev–Trinajstić information content (AvgIpc) is 3.66. The van der Waals surface area contributed by atoms with Crippen molar-refractivity contribution in [3.05, 3.63) is 77.3 Å². The molecule has 2 fully saturated rings. The maximum Gasteiger partial charge on any atom is 0.192 e. The first-order valence-electron chi connectivity index (χ1n) is 15.4. The van der Waals surface area contributed by atoms with Gasteiger partial charge in [0.2, 0.25) is 0 Å². The van der Waals surface area contributed by atoms with Gasteiger partial charge in [0.15, 0.2) is 5.13 Å². The number of aliphatic hydroxyl groups is 1. The maximum absolute atomic E-state index is 13.6. The Balaban J connectivity index is 1.12. The molecule has 0 unspecified atom stereocenters. The average molecular weight is 623 g/mol. The lowest BCUT2D eigenvalue weighted by atomic mass is 9.94. The number of imidazole rings is 1. The van der Waals surface area contributed by atoms with Crippen LogP contribution >= 0.6 is 11.3 Å². The minimum absolute atomic E-state index is 0.138. The minimum Gasteiger partial charge on any atom is -0.390 e. The summed E-state index contributed by atoms with van der Waals surface area (Å²) >= 11 is 1.31. The van der Waals surface area contributed by atoms with Crippen molar-refractivity contribution in [3.8, 4) is 28.5 Å². The van der Waals surface area contributed by atoms with Crippen LogP contribution in [0.5, 0.6) is 0 Å². The molecule has 1 N–H and O–H groups in total. The zero-order chi connectivity index (χ0) is 31.1. The SMILES string of the molecule is CCc1nc2ccc(-c3ccc(N4CCC(CN5CC(O)C5)CC4)nc3)cn2c1N(C)c1nc(-c2ccc(F)cc2)c(C#N)s1. The Kier molecular flexibility index (Phi) is 7.95. The standard InChI is InChI=1S/C34H35FN8OS/c1-3-28-33(40(2)34-39-32(29(16-36)45-34)23-4-8-26(35)9-5-23)43-19-25(7-11-31(43)38-28)24-6-10-30(37-17-24)42-14-12-22(13-15-42)18-41-20-27(44)21-41/h4-11,17,19,22,27,44H,3,12-15,18,20-21H2,1-2H3. The zero-order valence-electron chi connectivity index (χ0n) is 25.4. The van der Waals surface area contributed by atoms with E-state index in [0.717, 1.165) is 86.1 Å². The molecular formula is C34H35FN8OS. The van der Waals surface area contributed by atoms with Crippen molar-refractivity contribution in [2.24, 2.45) is 5.92 Å². The molecule has 0 atom stereocenters. The first kappa shape index (κ1) is 29.3. The van der Waals surface area contributed by atoms with Crippen molar-refractivity contribution < 1.29 is 9.50 Å². The number of aryl methyl sites for hydroxylation is 1. The molecule has 11 heteroatoms. The highest BCUT2D eigenvalue weighted by Crippen LogP contribution is 2.37. The fraction of sp³-hybridized carbons (Fsp3) is 0.353. The Hall–Kier alpha value is -4.37. The predicted octanol–water partition coefficient (Wildman–Crippen LogP) is 5.75. The number of aliphatic hydroxyl groups excluding tert-OH is 1. The molecule has 0 bridgehead atoms. The van der Waals surface area contributed by atoms with E-state index in [-0.39, 0.29) is 11.9 Å². The van der Waals surface area contributed by atoms with Gasteiger partial charge in [0.1, 0.15) is 39.7 Å². The van der Waals surface area contributed by atoms with Gasteiger partial charge in [0.05, 0.1) is 11.8 Å². The number of hydrogen-bond acceptors (Lipinski definition) is 9. The number of nitrogens with zero attached hydrogens (tertiary/aromatic N) is 8. The fourth-order valence-corrected chi connectivity index (χ4v) is 7.26. The van der Waals surface area contributed by atoms with E-state index in [9.17, 15) is 14.8 Å². The summed E-state index contributed by atoms with van der Waals surface area (Å²) in [5, 5.41) is 20.1. The molecule has 0 radical (unpaired) electrons. The van der Waals surface area contributed by atoms with Gasteiger partial charge in [-0.15, -0.1) is 0 Å². The highest BCUT2D eigenvalue weighted by atomic mass is 32.1. The number of benzene rings is 1. The molecule has 0 spiro atoms. The van der Waals surface area contributed by atoms with Gasteiger partial charge in [-0.1, -0.05) is 18.3 Å². The molecule has 0 aliphatic carbocycles. The van der Waals surface area contributed by atoms with Crippen molar-refractivity contribution in [3.63, 3.8) is 0 Å². The Morgan fingerprint density at radius 3 is 2.42 bits per heavy atom. The Morgan fingerprint density at radius 2 is 1.76 bits per heavy atom. The molecule has 6 heterocycles. The Morgan fingerprint density at radius 1 is 1.02 bits per heavy atom. The number of thiazole rings is 1. The van der Waals surface area contributed by atoms with Crippen LogP contribution in [0.3, 0.4) is 0 Å². The molecular weight excluding hydrogens is 587 g/mol. The van der Waals surface area contributed by atoms with E-state index in [1.54, 1.807) is 12.1 Å². The van der Waals surface area contributed by atoms with Crippen LogP contribution in [-0.2, 0) is 6.42 Å². The van der Waals surface area contributed by atoms with Gasteiger partial charge in [-0.25, -0.2) is 19.3 Å². The summed E-state index contributed by atoms with van der Waals surface area (Å²) in [5.74, 6) is 2.24. The van der Waals surface area contributed by atoms with E-state index in [2.05, 4.69) is 51.6 Å². The van der Waals surface area contributed by atoms with Crippen LogP contribution < -0.4 is 9.80 Å². The number of halogens is 1. The molecule has 9 nitrogen and oxygen atoms in total. The largest absolute Gasteiger partial charge is 0.390 e. The molecule has 5 aromatic rings. The monoisotopic (exact) mass is 622 g/mol. The van der Waals surface area contributed by atoms with E-state index in [4.69, 9.17) is 15.0 Å². The van der Waals surface area contributed by atoms with Crippen molar-refractivity contribution in [2.75, 3.05) is 49.6 Å². The predicted molar refractivity (Wildman–Crippen MR) is 175 cm³/mol. The van der Waals surface area contributed by atoms with Crippen LogP contribution in [0.4, 0.5) is 21.2 Å². The van der Waals surface area contributed by atoms with Crippen LogP contribution in [0.15, 0.2) is 60.9 Å². The zero-order valence-corrected chi connectivity index (χ0v) is 26.2. The van der Waals surface area contributed by atoms with E-state index >= 15 is 0 Å². The van der Waals surface area contributed by atoms with Gasteiger partial charge in [-0.2, -0.15) is 5.26 Å². The number of hydrogen-bond donors (Lipinski definition) is 1. The molecule has 2 saturated heterocycles. The van der Waals surface area contributed by atoms with Gasteiger partial charge in [0.25, 0.3) is 0 Å². The third-order valence-electron chi connectivity index (χ3n) is 8.91. The lowest BCUT2D eigenvalue weighted by Crippen LogP contribution is -2.53. The first-order chi connectivity index (χ1) is 21.9. The molecule has 230 valence electrons. The van der Waals surface area contributed by atoms with Gasteiger partial charge < -0.3 is 14.9 Å². The summed E-state index contributed by atoms with van der Waals surface area (Å²) in [7, 11) is 1.94. The molecule has 2 aliphatic heterocycles. The number of aromatic nitrogens is 4. The molecule has 4 aromatic heterocycles. The van der Waals surface area contributed by atoms with Crippen LogP contribution in [0.25, 0.3) is 28.0 Å². The smallest absolute Gasteiger partial charge is 0.192 e. The molecule has 0 saturated carbocycles. The van der Waals surface area contributed by atoms with Crippen molar-refractivity contribution >= 4 is 33.8 Å². The maximum atomic E-state index is 13.6. The summed E-state index contributed by atoms with van der Waals surface area (Å²) in [6, 6.07) is 16.7. The minimum atomic E-state index is -0.329. The van der Waals surface area contributed by atoms with E-state index in [1.165, 1.54) is 23.5 Å². The van der Waals surface area contributed by atoms with Crippen molar-refractivity contribution in [1.29, 1.82) is 5.26 Å². The van der Waals surface area contributed by atoms with Crippen LogP contribution in [-0.4, -0.2) is 75.2 Å². The third-order valence-corrected chi connectivity index (χ3v) is 9.95. The quantitative estimate of drug-likeness (QED) is 0.234. The van der Waals surface area contributed by atoms with E-state index < -0.39 is 0 Å². The van der Waals surface area contributed by atoms with Crippen LogP contribution in [0.1, 0.15) is 30.3 Å². The van der Waals surface area contributed by atoms with Crippen molar-refractivity contribution in [1.82, 2.24) is 24.3 Å². The molecule has 2 aliphatic rings. The lowest BCUT2D eigenvalue weighted by molar-refractivity contribution is -0.00837. The van der Waals surface area contributed by atoms with E-state index in [0.29, 0.717) is 27.2 Å². The number of rotatable bonds is 8. The number of likely N-dealkylation sites (tertiary alicyclic amines) is 1. The Bertz CT molecular complexity index is 1850. The summed E-state index contributed by atoms with van der Waals surface area (Å²) in [4.78, 5) is 21.7. The third kappa shape index (κ3) is 5.77. The number of fused-ring (bicyclic) bond motifs is 1. The van der Waals surface area contributed by atoms with Gasteiger partial charge >= 0.3 is 0 Å². The first-order valence-corrected chi connectivity index (χ1v) is 16.2. The number of nitriles is 1. The van der Waals surface area contributed by atoms with Gasteiger partial charge in [-0.3, -0.25) is 9.30 Å². The number of piperidine rings is 1. The van der Waals surface area contributed by atoms with Gasteiger partial charge in [0, 0.05) is 68.9 Å². The van der Waals surface area contributed by atoms with E-state index in [1.807, 2.05) is 24.2 Å². The van der Waals surface area contributed by atoms with Gasteiger partial charge in [-0.05, 0) is 73.7 Å². The Labute approximate surface area is 265 Å². The van der Waals surface area contributed by atoms with Crippen LogP contribution in [0, 0.1) is 23.1 Å². The topological polar surface area (TPSA) is 96.8 Å². The normalized spacial score (nSPS) is 16.2.